The van der Waals surface area contributed by atoms with Crippen LogP contribution in [0.1, 0.15) is 46.0 Å². The lowest BCUT2D eigenvalue weighted by Gasteiger charge is -2.32. The second kappa shape index (κ2) is 5.68. The van der Waals surface area contributed by atoms with E-state index >= 15 is 0 Å². The SMILES string of the molecule is CCNC(C)(CO)CCN(CC1CC1)C1CC1. The van der Waals surface area contributed by atoms with Gasteiger partial charge in [0.1, 0.15) is 0 Å². The molecule has 0 saturated heterocycles. The molecule has 1 atom stereocenters. The van der Waals surface area contributed by atoms with Crippen molar-refractivity contribution in [2.75, 3.05) is 26.2 Å². The zero-order chi connectivity index (χ0) is 12.3. The van der Waals surface area contributed by atoms with Crippen molar-refractivity contribution in [3.8, 4) is 0 Å². The van der Waals surface area contributed by atoms with Crippen LogP contribution in [0.15, 0.2) is 0 Å². The van der Waals surface area contributed by atoms with Crippen LogP contribution >= 0.6 is 0 Å². The third kappa shape index (κ3) is 4.23. The van der Waals surface area contributed by atoms with Crippen LogP contribution < -0.4 is 5.32 Å². The molecular weight excluding hydrogens is 212 g/mol. The van der Waals surface area contributed by atoms with Crippen LogP contribution in [0.2, 0.25) is 0 Å². The number of hydrogen-bond acceptors (Lipinski definition) is 3. The van der Waals surface area contributed by atoms with Crippen molar-refractivity contribution in [3.63, 3.8) is 0 Å². The van der Waals surface area contributed by atoms with Gasteiger partial charge in [0.05, 0.1) is 6.61 Å². The van der Waals surface area contributed by atoms with Crippen molar-refractivity contribution in [2.24, 2.45) is 5.92 Å². The van der Waals surface area contributed by atoms with Crippen LogP contribution in [0.25, 0.3) is 0 Å². The molecule has 0 aliphatic heterocycles. The maximum atomic E-state index is 9.50. The Labute approximate surface area is 106 Å². The molecule has 1 unspecified atom stereocenters. The molecule has 0 aromatic carbocycles. The first kappa shape index (κ1) is 13.3. The summed E-state index contributed by atoms with van der Waals surface area (Å²) < 4.78 is 0. The summed E-state index contributed by atoms with van der Waals surface area (Å²) in [6.45, 7) is 7.87. The van der Waals surface area contributed by atoms with E-state index in [2.05, 4.69) is 24.1 Å². The van der Waals surface area contributed by atoms with Crippen molar-refractivity contribution in [1.82, 2.24) is 10.2 Å². The average Bonchev–Trinajstić information content (AvgIpc) is 3.16. The first-order chi connectivity index (χ1) is 8.17. The number of rotatable bonds is 9. The molecule has 0 spiro atoms. The topological polar surface area (TPSA) is 35.5 Å². The summed E-state index contributed by atoms with van der Waals surface area (Å²) in [5, 5.41) is 12.9. The quantitative estimate of drug-likeness (QED) is 0.643. The van der Waals surface area contributed by atoms with Crippen LogP contribution in [0.4, 0.5) is 0 Å². The van der Waals surface area contributed by atoms with E-state index in [4.69, 9.17) is 0 Å². The summed E-state index contributed by atoms with van der Waals surface area (Å²) in [4.78, 5) is 2.67. The highest BCUT2D eigenvalue weighted by atomic mass is 16.3. The number of aliphatic hydroxyl groups is 1. The van der Waals surface area contributed by atoms with Crippen LogP contribution in [0, 0.1) is 5.92 Å². The van der Waals surface area contributed by atoms with E-state index in [0.29, 0.717) is 0 Å². The molecule has 0 bridgehead atoms. The Morgan fingerprint density at radius 3 is 2.47 bits per heavy atom. The molecule has 2 N–H and O–H groups in total. The predicted molar refractivity (Wildman–Crippen MR) is 71.1 cm³/mol. The molecule has 0 aromatic rings. The lowest BCUT2D eigenvalue weighted by atomic mass is 9.98. The number of likely N-dealkylation sites (N-methyl/N-ethyl adjacent to an activating group) is 1. The summed E-state index contributed by atoms with van der Waals surface area (Å²) in [6.07, 6.45) is 6.72. The third-order valence-electron chi connectivity index (χ3n) is 4.16. The molecule has 0 amide bonds. The van der Waals surface area contributed by atoms with Gasteiger partial charge in [-0.3, -0.25) is 0 Å². The van der Waals surface area contributed by atoms with Crippen molar-refractivity contribution in [3.05, 3.63) is 0 Å². The van der Waals surface area contributed by atoms with E-state index in [1.54, 1.807) is 0 Å². The van der Waals surface area contributed by atoms with Gasteiger partial charge in [-0.1, -0.05) is 6.92 Å². The molecule has 17 heavy (non-hydrogen) atoms. The molecular formula is C14H28N2O. The number of nitrogens with zero attached hydrogens (tertiary/aromatic N) is 1. The molecule has 0 aromatic heterocycles. The first-order valence-corrected chi connectivity index (χ1v) is 7.27. The molecule has 3 heteroatoms. The van der Waals surface area contributed by atoms with Gasteiger partial charge in [-0.05, 0) is 51.5 Å². The van der Waals surface area contributed by atoms with Crippen molar-refractivity contribution in [1.29, 1.82) is 0 Å². The van der Waals surface area contributed by atoms with Gasteiger partial charge in [0.15, 0.2) is 0 Å². The second-order valence-corrected chi connectivity index (χ2v) is 6.17. The van der Waals surface area contributed by atoms with Crippen LogP contribution in [-0.2, 0) is 0 Å². The van der Waals surface area contributed by atoms with E-state index in [9.17, 15) is 5.11 Å². The van der Waals surface area contributed by atoms with E-state index in [0.717, 1.165) is 31.5 Å². The molecule has 100 valence electrons. The fourth-order valence-electron chi connectivity index (χ4n) is 2.54. The molecule has 0 heterocycles. The van der Waals surface area contributed by atoms with Gasteiger partial charge in [0.2, 0.25) is 0 Å². The lowest BCUT2D eigenvalue weighted by Crippen LogP contribution is -2.48. The number of hydrogen-bond donors (Lipinski definition) is 2. The highest BCUT2D eigenvalue weighted by Gasteiger charge is 2.34. The van der Waals surface area contributed by atoms with E-state index in [1.807, 2.05) is 0 Å². The van der Waals surface area contributed by atoms with E-state index in [1.165, 1.54) is 32.2 Å². The Morgan fingerprint density at radius 2 is 2.00 bits per heavy atom. The third-order valence-corrected chi connectivity index (χ3v) is 4.16. The Balaban J connectivity index is 1.76. The molecule has 2 fully saturated rings. The Bertz CT molecular complexity index is 238. The Hall–Kier alpha value is -0.120. The van der Waals surface area contributed by atoms with Crippen LogP contribution in [-0.4, -0.2) is 47.8 Å². The highest BCUT2D eigenvalue weighted by Crippen LogP contribution is 2.35. The summed E-state index contributed by atoms with van der Waals surface area (Å²) in [5.74, 6) is 0.982. The number of aliphatic hydroxyl groups excluding tert-OH is 1. The maximum Gasteiger partial charge on any atom is 0.0611 e. The fourth-order valence-corrected chi connectivity index (χ4v) is 2.54. The lowest BCUT2D eigenvalue weighted by molar-refractivity contribution is 0.142. The van der Waals surface area contributed by atoms with Crippen molar-refractivity contribution >= 4 is 0 Å². The summed E-state index contributed by atoms with van der Waals surface area (Å²) in [7, 11) is 0. The normalized spacial score (nSPS) is 24.0. The summed E-state index contributed by atoms with van der Waals surface area (Å²) >= 11 is 0. The molecule has 0 radical (unpaired) electrons. The van der Waals surface area contributed by atoms with Gasteiger partial charge >= 0.3 is 0 Å². The highest BCUT2D eigenvalue weighted by molar-refractivity contribution is 4.91. The van der Waals surface area contributed by atoms with Crippen molar-refractivity contribution < 1.29 is 5.11 Å². The van der Waals surface area contributed by atoms with E-state index < -0.39 is 0 Å². The Kier molecular flexibility index (Phi) is 4.45. The zero-order valence-corrected chi connectivity index (χ0v) is 11.4. The zero-order valence-electron chi connectivity index (χ0n) is 11.4. The second-order valence-electron chi connectivity index (χ2n) is 6.17. The van der Waals surface area contributed by atoms with Crippen LogP contribution in [0.3, 0.4) is 0 Å². The monoisotopic (exact) mass is 240 g/mol. The minimum Gasteiger partial charge on any atom is -0.394 e. The smallest absolute Gasteiger partial charge is 0.0611 e. The van der Waals surface area contributed by atoms with Gasteiger partial charge in [0.25, 0.3) is 0 Å². The maximum absolute atomic E-state index is 9.50. The summed E-state index contributed by atoms with van der Waals surface area (Å²) in [6, 6.07) is 0.861. The predicted octanol–water partition coefficient (Wildman–Crippen LogP) is 1.61. The molecule has 3 nitrogen and oxygen atoms in total. The van der Waals surface area contributed by atoms with Gasteiger partial charge in [0, 0.05) is 24.7 Å². The van der Waals surface area contributed by atoms with Gasteiger partial charge < -0.3 is 15.3 Å². The minimum atomic E-state index is -0.0918. The van der Waals surface area contributed by atoms with E-state index in [-0.39, 0.29) is 12.1 Å². The fraction of sp³-hybridized carbons (Fsp3) is 1.00. The first-order valence-electron chi connectivity index (χ1n) is 7.27. The minimum absolute atomic E-state index is 0.0918. The largest absolute Gasteiger partial charge is 0.394 e. The standard InChI is InChI=1S/C14H28N2O/c1-3-15-14(2,11-17)8-9-16(13-6-7-13)10-12-4-5-12/h12-13,15,17H,3-11H2,1-2H3. The van der Waals surface area contributed by atoms with Gasteiger partial charge in [-0.25, -0.2) is 0 Å². The van der Waals surface area contributed by atoms with Crippen molar-refractivity contribution in [2.45, 2.75) is 57.5 Å². The van der Waals surface area contributed by atoms with Crippen LogP contribution in [0.5, 0.6) is 0 Å². The average molecular weight is 240 g/mol. The van der Waals surface area contributed by atoms with Gasteiger partial charge in [-0.15, -0.1) is 0 Å². The molecule has 2 aliphatic rings. The summed E-state index contributed by atoms with van der Waals surface area (Å²) in [5.41, 5.74) is -0.0918. The molecule has 2 aliphatic carbocycles. The number of nitrogens with one attached hydrogen (secondary N) is 1. The molecule has 2 rings (SSSR count). The molecule has 2 saturated carbocycles. The Morgan fingerprint density at radius 1 is 1.29 bits per heavy atom. The van der Waals surface area contributed by atoms with Gasteiger partial charge in [-0.2, -0.15) is 0 Å².